The normalized spacial score (nSPS) is 36.6. The second-order valence-corrected chi connectivity index (χ2v) is 6.95. The third-order valence-electron chi connectivity index (χ3n) is 4.12. The molecule has 4 heteroatoms. The van der Waals surface area contributed by atoms with Crippen molar-refractivity contribution in [1.29, 1.82) is 0 Å². The van der Waals surface area contributed by atoms with Gasteiger partial charge >= 0.3 is 0 Å². The van der Waals surface area contributed by atoms with Crippen LogP contribution < -0.4 is 5.32 Å². The van der Waals surface area contributed by atoms with Gasteiger partial charge in [-0.1, -0.05) is 26.7 Å². The van der Waals surface area contributed by atoms with Crippen LogP contribution in [0.25, 0.3) is 0 Å². The molecule has 1 aliphatic carbocycles. The van der Waals surface area contributed by atoms with E-state index in [1.165, 1.54) is 19.3 Å². The monoisotopic (exact) mass is 270 g/mol. The minimum Gasteiger partial charge on any atom is -0.322 e. The molecule has 2 rings (SSSR count). The number of hydrogen-bond donors (Lipinski definition) is 1. The Morgan fingerprint density at radius 1 is 1.39 bits per heavy atom. The zero-order valence-corrected chi connectivity index (χ0v) is 12.6. The fraction of sp³-hybridized carbons (Fsp3) is 0.929. The van der Waals surface area contributed by atoms with Crippen LogP contribution in [-0.2, 0) is 4.79 Å². The second-order valence-electron chi connectivity index (χ2n) is 5.43. The highest BCUT2D eigenvalue weighted by Crippen LogP contribution is 2.36. The van der Waals surface area contributed by atoms with Crippen LogP contribution in [-0.4, -0.2) is 40.1 Å². The van der Waals surface area contributed by atoms with Crippen LogP contribution >= 0.6 is 11.8 Å². The summed E-state index contributed by atoms with van der Waals surface area (Å²) in [6.45, 7) is 6.42. The van der Waals surface area contributed by atoms with Crippen LogP contribution in [0.3, 0.4) is 0 Å². The average molecular weight is 270 g/mol. The molecule has 18 heavy (non-hydrogen) atoms. The van der Waals surface area contributed by atoms with Gasteiger partial charge in [0.15, 0.2) is 0 Å². The summed E-state index contributed by atoms with van der Waals surface area (Å²) in [6.07, 6.45) is 6.24. The zero-order chi connectivity index (χ0) is 13.1. The SMILES string of the molecule is CCCC1NC(C)C(=O)N1C1CCCC1SCC. The fourth-order valence-corrected chi connectivity index (χ4v) is 4.59. The molecule has 1 heterocycles. The molecule has 0 aromatic heterocycles. The van der Waals surface area contributed by atoms with E-state index in [0.29, 0.717) is 17.2 Å². The minimum absolute atomic E-state index is 0.00873. The van der Waals surface area contributed by atoms with Gasteiger partial charge in [-0.3, -0.25) is 10.1 Å². The second kappa shape index (κ2) is 6.29. The summed E-state index contributed by atoms with van der Waals surface area (Å²) in [6, 6.07) is 0.478. The van der Waals surface area contributed by atoms with E-state index in [0.717, 1.165) is 18.6 Å². The van der Waals surface area contributed by atoms with E-state index < -0.39 is 0 Å². The topological polar surface area (TPSA) is 32.3 Å². The fourth-order valence-electron chi connectivity index (χ4n) is 3.34. The lowest BCUT2D eigenvalue weighted by molar-refractivity contribution is -0.131. The van der Waals surface area contributed by atoms with E-state index in [-0.39, 0.29) is 12.2 Å². The predicted molar refractivity (Wildman–Crippen MR) is 77.7 cm³/mol. The van der Waals surface area contributed by atoms with Crippen LogP contribution in [0.4, 0.5) is 0 Å². The summed E-state index contributed by atoms with van der Waals surface area (Å²) in [4.78, 5) is 14.6. The van der Waals surface area contributed by atoms with Gasteiger partial charge in [0.2, 0.25) is 5.91 Å². The molecule has 0 bridgehead atoms. The third kappa shape index (κ3) is 2.69. The number of hydrogen-bond acceptors (Lipinski definition) is 3. The third-order valence-corrected chi connectivity index (χ3v) is 5.43. The smallest absolute Gasteiger partial charge is 0.241 e. The van der Waals surface area contributed by atoms with Crippen LogP contribution in [0.2, 0.25) is 0 Å². The highest BCUT2D eigenvalue weighted by Gasteiger charge is 2.44. The van der Waals surface area contributed by atoms with E-state index in [2.05, 4.69) is 24.1 Å². The molecule has 1 saturated heterocycles. The van der Waals surface area contributed by atoms with Gasteiger partial charge in [0.05, 0.1) is 12.2 Å². The molecule has 1 saturated carbocycles. The van der Waals surface area contributed by atoms with Crippen molar-refractivity contribution >= 4 is 17.7 Å². The number of carbonyl (C=O) groups is 1. The lowest BCUT2D eigenvalue weighted by Crippen LogP contribution is -2.47. The van der Waals surface area contributed by atoms with Crippen molar-refractivity contribution < 1.29 is 4.79 Å². The van der Waals surface area contributed by atoms with Gasteiger partial charge in [-0.05, 0) is 31.9 Å². The first-order valence-corrected chi connectivity index (χ1v) is 8.43. The van der Waals surface area contributed by atoms with E-state index in [9.17, 15) is 4.79 Å². The molecule has 104 valence electrons. The van der Waals surface area contributed by atoms with Gasteiger partial charge in [-0.15, -0.1) is 0 Å². The van der Waals surface area contributed by atoms with Crippen LogP contribution in [0.15, 0.2) is 0 Å². The van der Waals surface area contributed by atoms with Crippen LogP contribution in [0.1, 0.15) is 52.9 Å². The quantitative estimate of drug-likeness (QED) is 0.833. The molecule has 1 amide bonds. The maximum atomic E-state index is 12.4. The molecular formula is C14H26N2OS. The Morgan fingerprint density at radius 2 is 2.17 bits per heavy atom. The summed E-state index contributed by atoms with van der Waals surface area (Å²) in [5.74, 6) is 1.48. The molecule has 0 radical (unpaired) electrons. The van der Waals surface area contributed by atoms with Crippen molar-refractivity contribution in [2.24, 2.45) is 0 Å². The van der Waals surface area contributed by atoms with Crippen molar-refractivity contribution in [1.82, 2.24) is 10.2 Å². The summed E-state index contributed by atoms with van der Waals surface area (Å²) in [5, 5.41) is 4.12. The Balaban J connectivity index is 2.10. The molecule has 3 nitrogen and oxygen atoms in total. The van der Waals surface area contributed by atoms with Gasteiger partial charge in [-0.2, -0.15) is 11.8 Å². The first-order chi connectivity index (χ1) is 8.69. The Hall–Kier alpha value is -0.220. The molecule has 1 aliphatic heterocycles. The minimum atomic E-state index is 0.00873. The van der Waals surface area contributed by atoms with Crippen molar-refractivity contribution in [3.8, 4) is 0 Å². The van der Waals surface area contributed by atoms with Crippen molar-refractivity contribution in [2.45, 2.75) is 76.4 Å². The Bertz CT molecular complexity index is 298. The first-order valence-electron chi connectivity index (χ1n) is 7.38. The molecule has 4 unspecified atom stereocenters. The maximum Gasteiger partial charge on any atom is 0.241 e. The zero-order valence-electron chi connectivity index (χ0n) is 11.8. The van der Waals surface area contributed by atoms with Crippen molar-refractivity contribution in [2.75, 3.05) is 5.75 Å². The van der Waals surface area contributed by atoms with E-state index >= 15 is 0 Å². The highest BCUT2D eigenvalue weighted by molar-refractivity contribution is 7.99. The number of nitrogens with zero attached hydrogens (tertiary/aromatic N) is 1. The Morgan fingerprint density at radius 3 is 2.83 bits per heavy atom. The summed E-state index contributed by atoms with van der Waals surface area (Å²) < 4.78 is 0. The standard InChI is InChI=1S/C14H26N2OS/c1-4-7-13-15-10(3)14(17)16(13)11-8-6-9-12(11)18-5-2/h10-13,15H,4-9H2,1-3H3. The molecule has 0 aromatic carbocycles. The molecule has 0 aromatic rings. The number of amides is 1. The number of nitrogens with one attached hydrogen (secondary N) is 1. The van der Waals surface area contributed by atoms with Gasteiger partial charge in [0.25, 0.3) is 0 Å². The molecule has 1 N–H and O–H groups in total. The largest absolute Gasteiger partial charge is 0.322 e. The van der Waals surface area contributed by atoms with Gasteiger partial charge in [0.1, 0.15) is 0 Å². The molecule has 2 fully saturated rings. The number of thioether (sulfide) groups is 1. The predicted octanol–water partition coefficient (Wildman–Crippen LogP) is 2.61. The summed E-state index contributed by atoms with van der Waals surface area (Å²) in [5.41, 5.74) is 0. The first kappa shape index (κ1) is 14.2. The van der Waals surface area contributed by atoms with Crippen molar-refractivity contribution in [3.63, 3.8) is 0 Å². The van der Waals surface area contributed by atoms with Gasteiger partial charge in [-0.25, -0.2) is 0 Å². The summed E-state index contributed by atoms with van der Waals surface area (Å²) >= 11 is 2.04. The van der Waals surface area contributed by atoms with Crippen LogP contribution in [0.5, 0.6) is 0 Å². The molecule has 2 aliphatic rings. The van der Waals surface area contributed by atoms with Gasteiger partial charge < -0.3 is 4.90 Å². The average Bonchev–Trinajstić information content (AvgIpc) is 2.87. The Kier molecular flexibility index (Phi) is 4.96. The molecule has 0 spiro atoms. The van der Waals surface area contributed by atoms with Crippen molar-refractivity contribution in [3.05, 3.63) is 0 Å². The van der Waals surface area contributed by atoms with Gasteiger partial charge in [0, 0.05) is 11.3 Å². The Labute approximate surface area is 115 Å². The molecular weight excluding hydrogens is 244 g/mol. The summed E-state index contributed by atoms with van der Waals surface area (Å²) in [7, 11) is 0. The van der Waals surface area contributed by atoms with E-state index in [1.54, 1.807) is 0 Å². The van der Waals surface area contributed by atoms with E-state index in [1.807, 2.05) is 18.7 Å². The highest BCUT2D eigenvalue weighted by atomic mass is 32.2. The number of rotatable bonds is 5. The van der Waals surface area contributed by atoms with Crippen LogP contribution in [0, 0.1) is 0 Å². The lowest BCUT2D eigenvalue weighted by atomic mass is 10.1. The molecule has 4 atom stereocenters. The van der Waals surface area contributed by atoms with E-state index in [4.69, 9.17) is 0 Å². The maximum absolute atomic E-state index is 12.4. The number of carbonyl (C=O) groups excluding carboxylic acids is 1. The lowest BCUT2D eigenvalue weighted by Gasteiger charge is -2.33.